The molecule has 1 N–H and O–H groups in total. The minimum atomic E-state index is -0.299. The number of amides is 1. The van der Waals surface area contributed by atoms with Crippen LogP contribution in [0.4, 0.5) is 10.3 Å². The maximum Gasteiger partial charge on any atom is 0.250 e. The molecule has 1 amide bonds. The molecule has 2 aromatic carbocycles. The Morgan fingerprint density at radius 3 is 2.69 bits per heavy atom. The summed E-state index contributed by atoms with van der Waals surface area (Å²) in [6.07, 6.45) is 0.836. The molecule has 0 bridgehead atoms. The van der Waals surface area contributed by atoms with Crippen LogP contribution in [0.15, 0.2) is 53.9 Å². The maximum atomic E-state index is 13.1. The van der Waals surface area contributed by atoms with Crippen molar-refractivity contribution in [1.29, 1.82) is 0 Å². The summed E-state index contributed by atoms with van der Waals surface area (Å²) in [4.78, 5) is 17.1. The largest absolute Gasteiger partial charge is 0.494 e. The Bertz CT molecular complexity index is 1130. The Morgan fingerprint density at radius 2 is 1.93 bits per heavy atom. The number of carbonyl (C=O) groups excluding carboxylic acids is 1. The zero-order valence-electron chi connectivity index (χ0n) is 15.1. The quantitative estimate of drug-likeness (QED) is 0.417. The fourth-order valence-corrected chi connectivity index (χ4v) is 3.65. The lowest BCUT2D eigenvalue weighted by Crippen LogP contribution is -2.14. The number of benzene rings is 2. The van der Waals surface area contributed by atoms with Gasteiger partial charge in [-0.25, -0.2) is 8.91 Å². The predicted octanol–water partition coefficient (Wildman–Crippen LogP) is 5.05. The number of hydrogen-bond acceptors (Lipinski definition) is 5. The van der Waals surface area contributed by atoms with Gasteiger partial charge >= 0.3 is 0 Å². The lowest BCUT2D eigenvalue weighted by atomic mass is 10.2. The molecule has 4 aromatic rings. The second kappa shape index (κ2) is 8.59. The van der Waals surface area contributed by atoms with Crippen LogP contribution in [-0.2, 0) is 4.79 Å². The Morgan fingerprint density at radius 1 is 1.17 bits per heavy atom. The van der Waals surface area contributed by atoms with Gasteiger partial charge in [0.05, 0.1) is 12.3 Å². The zero-order valence-corrected chi connectivity index (χ0v) is 16.7. The maximum absolute atomic E-state index is 13.1. The van der Waals surface area contributed by atoms with Gasteiger partial charge in [-0.15, -0.1) is 16.4 Å². The van der Waals surface area contributed by atoms with E-state index in [-0.39, 0.29) is 24.1 Å². The number of halogens is 2. The lowest BCUT2D eigenvalue weighted by molar-refractivity contribution is -0.116. The summed E-state index contributed by atoms with van der Waals surface area (Å²) in [5.74, 6) is 0.459. The van der Waals surface area contributed by atoms with Crippen molar-refractivity contribution in [1.82, 2.24) is 14.6 Å². The van der Waals surface area contributed by atoms with Crippen LogP contribution in [0.3, 0.4) is 0 Å². The smallest absolute Gasteiger partial charge is 0.250 e. The molecule has 0 aliphatic carbocycles. The normalized spacial score (nSPS) is 11.0. The summed E-state index contributed by atoms with van der Waals surface area (Å²) in [5, 5.41) is 9.58. The molecule has 0 aliphatic heterocycles. The summed E-state index contributed by atoms with van der Waals surface area (Å²) >= 11 is 7.22. The minimum Gasteiger partial charge on any atom is -0.494 e. The molecule has 9 heteroatoms. The van der Waals surface area contributed by atoms with Gasteiger partial charge in [0.1, 0.15) is 11.6 Å². The zero-order chi connectivity index (χ0) is 20.2. The molecule has 0 saturated heterocycles. The molecule has 6 nitrogen and oxygen atoms in total. The molecule has 0 radical (unpaired) electrons. The predicted molar refractivity (Wildman–Crippen MR) is 111 cm³/mol. The second-order valence-electron chi connectivity index (χ2n) is 6.21. The van der Waals surface area contributed by atoms with Crippen molar-refractivity contribution >= 4 is 39.8 Å². The molecule has 0 spiro atoms. The van der Waals surface area contributed by atoms with E-state index in [1.807, 2.05) is 5.38 Å². The van der Waals surface area contributed by atoms with Crippen LogP contribution in [0.25, 0.3) is 16.2 Å². The second-order valence-corrected chi connectivity index (χ2v) is 7.48. The van der Waals surface area contributed by atoms with Crippen LogP contribution in [0.5, 0.6) is 5.75 Å². The molecule has 2 heterocycles. The van der Waals surface area contributed by atoms with Gasteiger partial charge < -0.3 is 4.74 Å². The van der Waals surface area contributed by atoms with Gasteiger partial charge in [0.25, 0.3) is 0 Å². The van der Waals surface area contributed by atoms with Crippen molar-refractivity contribution in [3.05, 3.63) is 64.8 Å². The van der Waals surface area contributed by atoms with Crippen LogP contribution in [0.1, 0.15) is 12.8 Å². The molecule has 4 rings (SSSR count). The molecule has 0 saturated carbocycles. The average Bonchev–Trinajstić information content (AvgIpc) is 3.27. The first-order chi connectivity index (χ1) is 14.1. The van der Waals surface area contributed by atoms with E-state index in [1.54, 1.807) is 40.9 Å². The van der Waals surface area contributed by atoms with E-state index in [0.29, 0.717) is 28.8 Å². The average molecular weight is 431 g/mol. The molecule has 0 unspecified atom stereocenters. The number of aromatic nitrogens is 3. The van der Waals surface area contributed by atoms with Gasteiger partial charge in [-0.05, 0) is 55.0 Å². The van der Waals surface area contributed by atoms with Gasteiger partial charge in [0.2, 0.25) is 16.8 Å². The number of carbonyl (C=O) groups is 1. The van der Waals surface area contributed by atoms with Crippen molar-refractivity contribution < 1.29 is 13.9 Å². The highest BCUT2D eigenvalue weighted by atomic mass is 35.5. The van der Waals surface area contributed by atoms with Crippen LogP contribution < -0.4 is 10.1 Å². The number of hydrogen-bond donors (Lipinski definition) is 1. The number of fused-ring (bicyclic) bond motifs is 1. The van der Waals surface area contributed by atoms with E-state index < -0.39 is 0 Å². The van der Waals surface area contributed by atoms with Crippen molar-refractivity contribution in [3.63, 3.8) is 0 Å². The van der Waals surface area contributed by atoms with Crippen molar-refractivity contribution in [2.45, 2.75) is 12.8 Å². The monoisotopic (exact) mass is 430 g/mol. The van der Waals surface area contributed by atoms with E-state index in [9.17, 15) is 9.18 Å². The summed E-state index contributed by atoms with van der Waals surface area (Å²) in [7, 11) is 0. The number of anilines is 1. The fraction of sp³-hybridized carbons (Fsp3) is 0.150. The fourth-order valence-electron chi connectivity index (χ4n) is 2.69. The number of rotatable bonds is 7. The van der Waals surface area contributed by atoms with Gasteiger partial charge in [0.15, 0.2) is 0 Å². The molecule has 0 aliphatic rings. The minimum absolute atomic E-state index is 0.189. The van der Waals surface area contributed by atoms with E-state index >= 15 is 0 Å². The van der Waals surface area contributed by atoms with Gasteiger partial charge in [-0.2, -0.15) is 4.98 Å². The molecule has 29 heavy (non-hydrogen) atoms. The number of nitrogens with zero attached hydrogens (tertiary/aromatic N) is 3. The molecule has 148 valence electrons. The first-order valence-corrected chi connectivity index (χ1v) is 10.1. The molecule has 0 atom stereocenters. The first-order valence-electron chi connectivity index (χ1n) is 8.87. The summed E-state index contributed by atoms with van der Waals surface area (Å²) in [5.41, 5.74) is 1.61. The van der Waals surface area contributed by atoms with Crippen LogP contribution in [0, 0.1) is 5.82 Å². The molecular weight excluding hydrogens is 415 g/mol. The SMILES string of the molecule is O=C(CCCOc1ccc(Cl)cc1)Nc1nc2scc(-c3ccc(F)cc3)n2n1. The van der Waals surface area contributed by atoms with Crippen LogP contribution in [0.2, 0.25) is 5.02 Å². The number of ether oxygens (including phenoxy) is 1. The highest BCUT2D eigenvalue weighted by molar-refractivity contribution is 7.15. The first kappa shape index (κ1) is 19.4. The number of nitrogens with one attached hydrogen (secondary N) is 1. The third kappa shape index (κ3) is 4.72. The highest BCUT2D eigenvalue weighted by Gasteiger charge is 2.13. The number of thiazole rings is 1. The molecule has 2 aromatic heterocycles. The van der Waals surface area contributed by atoms with Gasteiger partial charge in [0, 0.05) is 22.4 Å². The highest BCUT2D eigenvalue weighted by Crippen LogP contribution is 2.26. The Labute approximate surface area is 174 Å². The summed E-state index contributed by atoms with van der Waals surface area (Å²) in [6.45, 7) is 0.412. The van der Waals surface area contributed by atoms with Crippen molar-refractivity contribution in [3.8, 4) is 17.0 Å². The van der Waals surface area contributed by atoms with E-state index in [1.165, 1.54) is 23.5 Å². The van der Waals surface area contributed by atoms with E-state index in [4.69, 9.17) is 16.3 Å². The Balaban J connectivity index is 1.32. The third-order valence-corrected chi connectivity index (χ3v) is 5.17. The molecule has 0 fully saturated rings. The lowest BCUT2D eigenvalue weighted by Gasteiger charge is -2.05. The topological polar surface area (TPSA) is 68.5 Å². The van der Waals surface area contributed by atoms with Crippen LogP contribution >= 0.6 is 22.9 Å². The van der Waals surface area contributed by atoms with Crippen molar-refractivity contribution in [2.24, 2.45) is 0 Å². The van der Waals surface area contributed by atoms with E-state index in [2.05, 4.69) is 15.4 Å². The van der Waals surface area contributed by atoms with Gasteiger partial charge in [-0.3, -0.25) is 10.1 Å². The summed E-state index contributed by atoms with van der Waals surface area (Å²) < 4.78 is 20.3. The Hall–Kier alpha value is -2.97. The standard InChI is InChI=1S/C20H16ClFN4O2S/c21-14-5-9-16(10-6-14)28-11-1-2-18(27)23-19-24-20-26(25-19)17(12-29-20)13-3-7-15(22)8-4-13/h3-10,12H,1-2,11H2,(H,23,25,27). The van der Waals surface area contributed by atoms with E-state index in [0.717, 1.165) is 11.3 Å². The third-order valence-electron chi connectivity index (χ3n) is 4.10. The Kier molecular flexibility index (Phi) is 5.73. The summed E-state index contributed by atoms with van der Waals surface area (Å²) in [6, 6.07) is 13.2. The van der Waals surface area contributed by atoms with Crippen LogP contribution in [-0.4, -0.2) is 27.1 Å². The van der Waals surface area contributed by atoms with Gasteiger partial charge in [-0.1, -0.05) is 11.6 Å². The molecular formula is C20H16ClFN4O2S. The van der Waals surface area contributed by atoms with Crippen molar-refractivity contribution in [2.75, 3.05) is 11.9 Å².